The van der Waals surface area contributed by atoms with E-state index in [2.05, 4.69) is 19.9 Å². The second kappa shape index (κ2) is 5.75. The number of aromatic nitrogens is 1. The molecule has 1 aromatic heterocycles. The molecular weight excluding hydrogens is 266 g/mol. The van der Waals surface area contributed by atoms with Crippen molar-refractivity contribution in [3.63, 3.8) is 0 Å². The standard InChI is InChI=1S/C13H17N3O2.ClH/c1-18-13(17)9-2-5-12(15-6-9)16-10-3-4-11(16)8-14-7-10;/h2,5-6,10-11,14H,3-4,7-8H2,1H3;1H. The lowest BCUT2D eigenvalue weighted by Crippen LogP contribution is -2.52. The summed E-state index contributed by atoms with van der Waals surface area (Å²) in [7, 11) is 1.38. The molecule has 1 N–H and O–H groups in total. The first-order valence-corrected chi connectivity index (χ1v) is 6.33. The van der Waals surface area contributed by atoms with Crippen LogP contribution in [0.4, 0.5) is 5.82 Å². The highest BCUT2D eigenvalue weighted by molar-refractivity contribution is 5.89. The monoisotopic (exact) mass is 283 g/mol. The molecule has 19 heavy (non-hydrogen) atoms. The van der Waals surface area contributed by atoms with Crippen molar-refractivity contribution in [2.45, 2.75) is 24.9 Å². The molecule has 6 heteroatoms. The van der Waals surface area contributed by atoms with Gasteiger partial charge in [-0.3, -0.25) is 0 Å². The summed E-state index contributed by atoms with van der Waals surface area (Å²) in [5.41, 5.74) is 0.503. The van der Waals surface area contributed by atoms with Crippen molar-refractivity contribution in [1.82, 2.24) is 10.3 Å². The minimum atomic E-state index is -0.336. The van der Waals surface area contributed by atoms with Crippen molar-refractivity contribution < 1.29 is 9.53 Å². The maximum Gasteiger partial charge on any atom is 0.339 e. The molecule has 3 heterocycles. The van der Waals surface area contributed by atoms with Gasteiger partial charge in [-0.2, -0.15) is 0 Å². The molecule has 0 aromatic carbocycles. The van der Waals surface area contributed by atoms with Crippen LogP contribution in [0.5, 0.6) is 0 Å². The summed E-state index contributed by atoms with van der Waals surface area (Å²) in [6.07, 6.45) is 4.04. The van der Waals surface area contributed by atoms with E-state index in [0.29, 0.717) is 17.6 Å². The molecule has 2 aliphatic rings. The Kier molecular flexibility index (Phi) is 4.27. The summed E-state index contributed by atoms with van der Waals surface area (Å²) < 4.78 is 4.67. The van der Waals surface area contributed by atoms with E-state index in [1.54, 1.807) is 12.3 Å². The Labute approximate surface area is 118 Å². The van der Waals surface area contributed by atoms with E-state index in [4.69, 9.17) is 0 Å². The first kappa shape index (κ1) is 14.1. The number of carbonyl (C=O) groups is 1. The van der Waals surface area contributed by atoms with Gasteiger partial charge >= 0.3 is 5.97 Å². The number of methoxy groups -OCH3 is 1. The molecule has 2 bridgehead atoms. The summed E-state index contributed by atoms with van der Waals surface area (Å²) in [5, 5.41) is 3.44. The average Bonchev–Trinajstić information content (AvgIpc) is 2.67. The summed E-state index contributed by atoms with van der Waals surface area (Å²) in [4.78, 5) is 18.2. The van der Waals surface area contributed by atoms with Crippen LogP contribution in [0.1, 0.15) is 23.2 Å². The summed E-state index contributed by atoms with van der Waals surface area (Å²) in [6.45, 7) is 2.05. The molecule has 0 saturated carbocycles. The van der Waals surface area contributed by atoms with E-state index < -0.39 is 0 Å². The van der Waals surface area contributed by atoms with Gasteiger partial charge in [-0.1, -0.05) is 0 Å². The molecule has 104 valence electrons. The van der Waals surface area contributed by atoms with Gasteiger partial charge in [-0.15, -0.1) is 12.4 Å². The van der Waals surface area contributed by atoms with Crippen LogP contribution in [-0.2, 0) is 4.74 Å². The molecule has 5 nitrogen and oxygen atoms in total. The number of pyridine rings is 1. The summed E-state index contributed by atoms with van der Waals surface area (Å²) in [5.74, 6) is 0.633. The molecule has 3 rings (SSSR count). The van der Waals surface area contributed by atoms with Crippen molar-refractivity contribution in [2.75, 3.05) is 25.1 Å². The Balaban J connectivity index is 0.00000133. The molecule has 2 atom stereocenters. The van der Waals surface area contributed by atoms with Gasteiger partial charge in [0.25, 0.3) is 0 Å². The van der Waals surface area contributed by atoms with E-state index in [1.165, 1.54) is 20.0 Å². The van der Waals surface area contributed by atoms with Crippen molar-refractivity contribution in [2.24, 2.45) is 0 Å². The number of hydrogen-bond acceptors (Lipinski definition) is 5. The molecule has 2 unspecified atom stereocenters. The average molecular weight is 284 g/mol. The normalized spacial score (nSPS) is 24.8. The molecule has 0 radical (unpaired) electrons. The minimum absolute atomic E-state index is 0. The van der Waals surface area contributed by atoms with Crippen LogP contribution in [0.15, 0.2) is 18.3 Å². The second-order valence-electron chi connectivity index (χ2n) is 4.85. The molecule has 1 aromatic rings. The summed E-state index contributed by atoms with van der Waals surface area (Å²) in [6, 6.07) is 4.79. The Morgan fingerprint density at radius 2 is 2.05 bits per heavy atom. The fourth-order valence-corrected chi connectivity index (χ4v) is 2.93. The van der Waals surface area contributed by atoms with Gasteiger partial charge in [0, 0.05) is 31.4 Å². The van der Waals surface area contributed by atoms with Crippen LogP contribution in [-0.4, -0.2) is 43.2 Å². The van der Waals surface area contributed by atoms with E-state index in [0.717, 1.165) is 18.9 Å². The first-order valence-electron chi connectivity index (χ1n) is 6.33. The Morgan fingerprint density at radius 1 is 1.37 bits per heavy atom. The number of nitrogens with zero attached hydrogens (tertiary/aromatic N) is 2. The van der Waals surface area contributed by atoms with E-state index >= 15 is 0 Å². The van der Waals surface area contributed by atoms with Crippen LogP contribution in [0.25, 0.3) is 0 Å². The predicted octanol–water partition coefficient (Wildman–Crippen LogP) is 1.23. The quantitative estimate of drug-likeness (QED) is 0.828. The lowest BCUT2D eigenvalue weighted by molar-refractivity contribution is 0.0600. The smallest absolute Gasteiger partial charge is 0.339 e. The first-order chi connectivity index (χ1) is 8.79. The SMILES string of the molecule is COC(=O)c1ccc(N2C3CCC2CNC3)nc1.Cl. The number of hydrogen-bond donors (Lipinski definition) is 1. The van der Waals surface area contributed by atoms with Gasteiger partial charge in [0.15, 0.2) is 0 Å². The Bertz CT molecular complexity index is 436. The fourth-order valence-electron chi connectivity index (χ4n) is 2.93. The van der Waals surface area contributed by atoms with Crippen LogP contribution in [0.2, 0.25) is 0 Å². The molecule has 2 fully saturated rings. The Hall–Kier alpha value is -1.33. The van der Waals surface area contributed by atoms with Gasteiger partial charge in [-0.05, 0) is 25.0 Å². The third kappa shape index (κ3) is 2.53. The zero-order chi connectivity index (χ0) is 12.5. The fraction of sp³-hybridized carbons (Fsp3) is 0.538. The van der Waals surface area contributed by atoms with Crippen molar-refractivity contribution in [1.29, 1.82) is 0 Å². The third-order valence-electron chi connectivity index (χ3n) is 3.81. The molecule has 0 amide bonds. The zero-order valence-corrected chi connectivity index (χ0v) is 11.7. The maximum absolute atomic E-state index is 11.4. The van der Waals surface area contributed by atoms with E-state index in [-0.39, 0.29) is 18.4 Å². The van der Waals surface area contributed by atoms with Crippen LogP contribution in [0.3, 0.4) is 0 Å². The van der Waals surface area contributed by atoms with Gasteiger partial charge in [0.05, 0.1) is 12.7 Å². The molecule has 2 saturated heterocycles. The van der Waals surface area contributed by atoms with Crippen molar-refractivity contribution in [3.05, 3.63) is 23.9 Å². The largest absolute Gasteiger partial charge is 0.465 e. The number of esters is 1. The van der Waals surface area contributed by atoms with Crippen molar-refractivity contribution in [3.8, 4) is 0 Å². The van der Waals surface area contributed by atoms with E-state index in [9.17, 15) is 4.79 Å². The topological polar surface area (TPSA) is 54.5 Å². The molecule has 2 aliphatic heterocycles. The van der Waals surface area contributed by atoms with Gasteiger partial charge in [-0.25, -0.2) is 9.78 Å². The van der Waals surface area contributed by atoms with Crippen LogP contribution >= 0.6 is 12.4 Å². The highest BCUT2D eigenvalue weighted by Crippen LogP contribution is 2.30. The van der Waals surface area contributed by atoms with Crippen LogP contribution in [0, 0.1) is 0 Å². The highest BCUT2D eigenvalue weighted by atomic mass is 35.5. The lowest BCUT2D eigenvalue weighted by atomic mass is 10.2. The minimum Gasteiger partial charge on any atom is -0.465 e. The number of anilines is 1. The Morgan fingerprint density at radius 3 is 2.58 bits per heavy atom. The lowest BCUT2D eigenvalue weighted by Gasteiger charge is -2.36. The van der Waals surface area contributed by atoms with Crippen molar-refractivity contribution >= 4 is 24.2 Å². The third-order valence-corrected chi connectivity index (χ3v) is 3.81. The van der Waals surface area contributed by atoms with Gasteiger partial charge in [0.1, 0.15) is 5.82 Å². The predicted molar refractivity (Wildman–Crippen MR) is 75.0 cm³/mol. The number of nitrogens with one attached hydrogen (secondary N) is 1. The number of ether oxygens (including phenoxy) is 1. The van der Waals surface area contributed by atoms with Crippen LogP contribution < -0.4 is 10.2 Å². The van der Waals surface area contributed by atoms with E-state index in [1.807, 2.05) is 6.07 Å². The number of carbonyl (C=O) groups excluding carboxylic acids is 1. The summed E-state index contributed by atoms with van der Waals surface area (Å²) >= 11 is 0. The number of fused-ring (bicyclic) bond motifs is 2. The highest BCUT2D eigenvalue weighted by Gasteiger charge is 2.37. The number of rotatable bonds is 2. The number of piperazine rings is 1. The number of halogens is 1. The molecule has 0 aliphatic carbocycles. The molecular formula is C13H18ClN3O2. The van der Waals surface area contributed by atoms with Gasteiger partial charge in [0.2, 0.25) is 0 Å². The second-order valence-corrected chi connectivity index (χ2v) is 4.85. The zero-order valence-electron chi connectivity index (χ0n) is 10.8. The molecule has 0 spiro atoms. The maximum atomic E-state index is 11.4. The van der Waals surface area contributed by atoms with Gasteiger partial charge < -0.3 is 15.0 Å².